The number of sulfonamides is 1. The molecule has 1 aliphatic heterocycles. The SMILES string of the molecule is CC1CCCN(C(=O)c2nnc(-c3ccc(S(=O)(=O)N(C)C)cc3)o2)C1. The van der Waals surface area contributed by atoms with Gasteiger partial charge in [0.2, 0.25) is 15.9 Å². The van der Waals surface area contributed by atoms with Crippen molar-refractivity contribution in [3.05, 3.63) is 30.2 Å². The predicted molar refractivity (Wildman–Crippen MR) is 94.9 cm³/mol. The van der Waals surface area contributed by atoms with E-state index in [9.17, 15) is 13.2 Å². The van der Waals surface area contributed by atoms with E-state index in [0.29, 0.717) is 24.6 Å². The first kappa shape index (κ1) is 18.5. The van der Waals surface area contributed by atoms with Crippen LogP contribution >= 0.6 is 0 Å². The van der Waals surface area contributed by atoms with Crippen molar-refractivity contribution in [1.29, 1.82) is 0 Å². The summed E-state index contributed by atoms with van der Waals surface area (Å²) in [5, 5.41) is 7.78. The molecule has 1 aromatic heterocycles. The van der Waals surface area contributed by atoms with Crippen LogP contribution in [0, 0.1) is 5.92 Å². The molecule has 2 aromatic rings. The fraction of sp³-hybridized carbons (Fsp3) is 0.471. The number of piperidine rings is 1. The van der Waals surface area contributed by atoms with Gasteiger partial charge in [-0.25, -0.2) is 12.7 Å². The van der Waals surface area contributed by atoms with Crippen LogP contribution in [0.4, 0.5) is 0 Å². The molecule has 1 atom stereocenters. The van der Waals surface area contributed by atoms with E-state index in [1.54, 1.807) is 17.0 Å². The summed E-state index contributed by atoms with van der Waals surface area (Å²) in [4.78, 5) is 14.4. The fourth-order valence-electron chi connectivity index (χ4n) is 2.92. The number of hydrogen-bond acceptors (Lipinski definition) is 6. The molecule has 0 N–H and O–H groups in total. The van der Waals surface area contributed by atoms with Gasteiger partial charge in [0.15, 0.2) is 0 Å². The normalized spacial score (nSPS) is 18.3. The first-order chi connectivity index (χ1) is 12.3. The van der Waals surface area contributed by atoms with E-state index < -0.39 is 10.0 Å². The van der Waals surface area contributed by atoms with Crippen molar-refractivity contribution in [3.8, 4) is 11.5 Å². The van der Waals surface area contributed by atoms with Gasteiger partial charge in [0, 0.05) is 32.7 Å². The quantitative estimate of drug-likeness (QED) is 0.806. The summed E-state index contributed by atoms with van der Waals surface area (Å²) in [6.45, 7) is 3.49. The van der Waals surface area contributed by atoms with Gasteiger partial charge in [0.1, 0.15) is 0 Å². The molecule has 0 aliphatic carbocycles. The highest BCUT2D eigenvalue weighted by Gasteiger charge is 2.26. The van der Waals surface area contributed by atoms with E-state index in [4.69, 9.17) is 4.42 Å². The maximum absolute atomic E-state index is 12.5. The predicted octanol–water partition coefficient (Wildman–Crippen LogP) is 1.86. The van der Waals surface area contributed by atoms with Gasteiger partial charge < -0.3 is 9.32 Å². The van der Waals surface area contributed by atoms with Crippen molar-refractivity contribution in [2.24, 2.45) is 5.92 Å². The number of hydrogen-bond donors (Lipinski definition) is 0. The average molecular weight is 378 g/mol. The number of amides is 1. The molecule has 1 aromatic carbocycles. The van der Waals surface area contributed by atoms with Gasteiger partial charge in [0.25, 0.3) is 0 Å². The highest BCUT2D eigenvalue weighted by atomic mass is 32.2. The summed E-state index contributed by atoms with van der Waals surface area (Å²) >= 11 is 0. The molecule has 1 saturated heterocycles. The van der Waals surface area contributed by atoms with Crippen LogP contribution in [0.2, 0.25) is 0 Å². The zero-order chi connectivity index (χ0) is 18.9. The maximum atomic E-state index is 12.5. The lowest BCUT2D eigenvalue weighted by atomic mass is 10.0. The van der Waals surface area contributed by atoms with Gasteiger partial charge in [-0.1, -0.05) is 6.92 Å². The molecule has 3 rings (SSSR count). The molecule has 140 valence electrons. The summed E-state index contributed by atoms with van der Waals surface area (Å²) in [5.74, 6) is 0.342. The van der Waals surface area contributed by atoms with Gasteiger partial charge in [-0.3, -0.25) is 4.79 Å². The minimum atomic E-state index is -3.50. The van der Waals surface area contributed by atoms with Crippen LogP contribution in [0.25, 0.3) is 11.5 Å². The Kier molecular flexibility index (Phi) is 5.10. The largest absolute Gasteiger partial charge is 0.412 e. The Morgan fingerprint density at radius 3 is 2.54 bits per heavy atom. The van der Waals surface area contributed by atoms with E-state index in [2.05, 4.69) is 17.1 Å². The van der Waals surface area contributed by atoms with Gasteiger partial charge >= 0.3 is 11.8 Å². The molecule has 1 fully saturated rings. The minimum absolute atomic E-state index is 0.0425. The number of benzene rings is 1. The highest BCUT2D eigenvalue weighted by molar-refractivity contribution is 7.89. The number of rotatable bonds is 4. The summed E-state index contributed by atoms with van der Waals surface area (Å²) in [5.41, 5.74) is 0.557. The molecule has 0 saturated carbocycles. The molecular formula is C17H22N4O4S. The Bertz CT molecular complexity index is 890. The lowest BCUT2D eigenvalue weighted by Gasteiger charge is -2.29. The van der Waals surface area contributed by atoms with Gasteiger partial charge in [-0.05, 0) is 43.0 Å². The first-order valence-electron chi connectivity index (χ1n) is 8.45. The van der Waals surface area contributed by atoms with Crippen molar-refractivity contribution in [2.45, 2.75) is 24.7 Å². The van der Waals surface area contributed by atoms with Crippen LogP contribution in [0.15, 0.2) is 33.6 Å². The number of carbonyl (C=O) groups is 1. The Hall–Kier alpha value is -2.26. The van der Waals surface area contributed by atoms with E-state index in [-0.39, 0.29) is 22.6 Å². The van der Waals surface area contributed by atoms with Gasteiger partial charge in [-0.15, -0.1) is 10.2 Å². The summed E-state index contributed by atoms with van der Waals surface area (Å²) < 4.78 is 30.9. The number of likely N-dealkylation sites (tertiary alicyclic amines) is 1. The molecule has 0 radical (unpaired) electrons. The second-order valence-corrected chi connectivity index (χ2v) is 8.87. The third-order valence-corrected chi connectivity index (χ3v) is 6.26. The average Bonchev–Trinajstić information content (AvgIpc) is 3.11. The number of carbonyl (C=O) groups excluding carboxylic acids is 1. The van der Waals surface area contributed by atoms with Crippen molar-refractivity contribution in [3.63, 3.8) is 0 Å². The molecule has 2 heterocycles. The van der Waals surface area contributed by atoms with E-state index in [0.717, 1.165) is 17.1 Å². The molecule has 1 unspecified atom stereocenters. The van der Waals surface area contributed by atoms with Gasteiger partial charge in [0.05, 0.1) is 4.90 Å². The van der Waals surface area contributed by atoms with Crippen molar-refractivity contribution < 1.29 is 17.6 Å². The van der Waals surface area contributed by atoms with Crippen LogP contribution in [-0.4, -0.2) is 60.9 Å². The van der Waals surface area contributed by atoms with Crippen LogP contribution in [-0.2, 0) is 10.0 Å². The van der Waals surface area contributed by atoms with Gasteiger partial charge in [-0.2, -0.15) is 0 Å². The zero-order valence-corrected chi connectivity index (χ0v) is 15.9. The minimum Gasteiger partial charge on any atom is -0.412 e. The van der Waals surface area contributed by atoms with E-state index in [1.807, 2.05) is 0 Å². The van der Waals surface area contributed by atoms with Crippen LogP contribution in [0.3, 0.4) is 0 Å². The van der Waals surface area contributed by atoms with E-state index >= 15 is 0 Å². The Balaban J connectivity index is 1.78. The smallest absolute Gasteiger partial charge is 0.311 e. The van der Waals surface area contributed by atoms with E-state index in [1.165, 1.54) is 26.2 Å². The van der Waals surface area contributed by atoms with Crippen molar-refractivity contribution in [1.82, 2.24) is 19.4 Å². The Morgan fingerprint density at radius 2 is 1.92 bits per heavy atom. The molecule has 8 nitrogen and oxygen atoms in total. The topological polar surface area (TPSA) is 96.6 Å². The molecule has 26 heavy (non-hydrogen) atoms. The lowest BCUT2D eigenvalue weighted by Crippen LogP contribution is -2.39. The molecule has 1 aliphatic rings. The van der Waals surface area contributed by atoms with Crippen LogP contribution in [0.1, 0.15) is 30.5 Å². The van der Waals surface area contributed by atoms with Crippen molar-refractivity contribution >= 4 is 15.9 Å². The molecular weight excluding hydrogens is 356 g/mol. The molecule has 1 amide bonds. The molecule has 0 spiro atoms. The Morgan fingerprint density at radius 1 is 1.23 bits per heavy atom. The third kappa shape index (κ3) is 3.63. The number of nitrogens with zero attached hydrogens (tertiary/aromatic N) is 4. The summed E-state index contributed by atoms with van der Waals surface area (Å²) in [7, 11) is -0.552. The fourth-order valence-corrected chi connectivity index (χ4v) is 3.82. The Labute approximate surface area is 152 Å². The highest BCUT2D eigenvalue weighted by Crippen LogP contribution is 2.23. The lowest BCUT2D eigenvalue weighted by molar-refractivity contribution is 0.0643. The van der Waals surface area contributed by atoms with Crippen LogP contribution in [0.5, 0.6) is 0 Å². The summed E-state index contributed by atoms with van der Waals surface area (Å²) in [6, 6.07) is 6.12. The second kappa shape index (κ2) is 7.16. The second-order valence-electron chi connectivity index (χ2n) is 6.72. The summed E-state index contributed by atoms with van der Waals surface area (Å²) in [6.07, 6.45) is 2.08. The maximum Gasteiger partial charge on any atom is 0.311 e. The molecule has 9 heteroatoms. The standard InChI is InChI=1S/C17H22N4O4S/c1-12-5-4-10-21(11-12)17(22)16-19-18-15(25-16)13-6-8-14(9-7-13)26(23,24)20(2)3/h6-9,12H,4-5,10-11H2,1-3H3. The first-order valence-corrected chi connectivity index (χ1v) is 9.89. The third-order valence-electron chi connectivity index (χ3n) is 4.43. The monoisotopic (exact) mass is 378 g/mol. The molecule has 0 bridgehead atoms. The zero-order valence-electron chi connectivity index (χ0n) is 15.0. The number of aromatic nitrogens is 2. The van der Waals surface area contributed by atoms with Crippen molar-refractivity contribution in [2.75, 3.05) is 27.2 Å². The van der Waals surface area contributed by atoms with Crippen LogP contribution < -0.4 is 0 Å².